The zero-order chi connectivity index (χ0) is 15.1. The summed E-state index contributed by atoms with van der Waals surface area (Å²) in [5.41, 5.74) is 5.27. The van der Waals surface area contributed by atoms with Crippen LogP contribution in [0.1, 0.15) is 30.9 Å². The standard InChI is InChI=1S/C19H26N2/c1-4-5-13-21(18-9-7-6-8-10-18)19-12-11-17(15-20-3)16(2)14-19/h6-12,14,20H,4-5,13,15H2,1-3H3. The second kappa shape index (κ2) is 7.84. The first kappa shape index (κ1) is 15.6. The van der Waals surface area contributed by atoms with Crippen molar-refractivity contribution < 1.29 is 0 Å². The van der Waals surface area contributed by atoms with E-state index in [2.05, 4.69) is 72.6 Å². The Morgan fingerprint density at radius 3 is 2.38 bits per heavy atom. The molecule has 0 fully saturated rings. The summed E-state index contributed by atoms with van der Waals surface area (Å²) in [6.07, 6.45) is 2.41. The number of unbranched alkanes of at least 4 members (excludes halogenated alkanes) is 1. The molecule has 2 aromatic rings. The van der Waals surface area contributed by atoms with Crippen molar-refractivity contribution in [1.82, 2.24) is 5.32 Å². The van der Waals surface area contributed by atoms with Crippen molar-refractivity contribution in [2.45, 2.75) is 33.2 Å². The van der Waals surface area contributed by atoms with Gasteiger partial charge in [-0.2, -0.15) is 0 Å². The minimum absolute atomic E-state index is 0.923. The van der Waals surface area contributed by atoms with Gasteiger partial charge in [0.15, 0.2) is 0 Å². The summed E-state index contributed by atoms with van der Waals surface area (Å²) >= 11 is 0. The lowest BCUT2D eigenvalue weighted by molar-refractivity contribution is 0.783. The Hall–Kier alpha value is -1.80. The molecule has 0 saturated carbocycles. The maximum absolute atomic E-state index is 3.23. The van der Waals surface area contributed by atoms with Gasteiger partial charge in [0.2, 0.25) is 0 Å². The van der Waals surface area contributed by atoms with Crippen LogP contribution >= 0.6 is 0 Å². The Bertz CT molecular complexity index is 549. The zero-order valence-electron chi connectivity index (χ0n) is 13.4. The molecule has 2 aromatic carbocycles. The van der Waals surface area contributed by atoms with Gasteiger partial charge in [0.05, 0.1) is 0 Å². The highest BCUT2D eigenvalue weighted by Crippen LogP contribution is 2.27. The van der Waals surface area contributed by atoms with Crippen molar-refractivity contribution in [3.05, 3.63) is 59.7 Å². The molecule has 0 aliphatic rings. The van der Waals surface area contributed by atoms with E-state index in [1.54, 1.807) is 0 Å². The Morgan fingerprint density at radius 1 is 1.00 bits per heavy atom. The van der Waals surface area contributed by atoms with Crippen molar-refractivity contribution in [3.8, 4) is 0 Å². The fourth-order valence-electron chi connectivity index (χ4n) is 2.57. The van der Waals surface area contributed by atoms with Crippen LogP contribution in [0.3, 0.4) is 0 Å². The van der Waals surface area contributed by atoms with Crippen molar-refractivity contribution in [2.24, 2.45) is 0 Å². The molecule has 2 heteroatoms. The molecule has 0 radical (unpaired) electrons. The summed E-state index contributed by atoms with van der Waals surface area (Å²) in [6, 6.07) is 17.4. The third-order valence-corrected chi connectivity index (χ3v) is 3.81. The van der Waals surface area contributed by atoms with Gasteiger partial charge in [-0.15, -0.1) is 0 Å². The molecular weight excluding hydrogens is 256 g/mol. The summed E-state index contributed by atoms with van der Waals surface area (Å²) < 4.78 is 0. The molecule has 2 rings (SSSR count). The number of benzene rings is 2. The average molecular weight is 282 g/mol. The predicted octanol–water partition coefficient (Wildman–Crippen LogP) is 4.65. The first-order chi connectivity index (χ1) is 10.3. The Labute approximate surface area is 128 Å². The van der Waals surface area contributed by atoms with Gasteiger partial charge in [0.25, 0.3) is 0 Å². The Morgan fingerprint density at radius 2 is 1.76 bits per heavy atom. The molecule has 0 amide bonds. The summed E-state index contributed by atoms with van der Waals surface area (Å²) in [5.74, 6) is 0. The van der Waals surface area contributed by atoms with Gasteiger partial charge >= 0.3 is 0 Å². The van der Waals surface area contributed by atoms with Gasteiger partial charge < -0.3 is 10.2 Å². The van der Waals surface area contributed by atoms with Crippen LogP contribution in [0.15, 0.2) is 48.5 Å². The Kier molecular flexibility index (Phi) is 5.82. The third kappa shape index (κ3) is 4.08. The lowest BCUT2D eigenvalue weighted by Gasteiger charge is -2.26. The SMILES string of the molecule is CCCCN(c1ccccc1)c1ccc(CNC)c(C)c1. The number of hydrogen-bond donors (Lipinski definition) is 1. The molecule has 1 N–H and O–H groups in total. The van der Waals surface area contributed by atoms with Crippen LogP contribution in [0.5, 0.6) is 0 Å². The maximum Gasteiger partial charge on any atom is 0.0413 e. The van der Waals surface area contributed by atoms with Crippen LogP contribution in [0.2, 0.25) is 0 Å². The summed E-state index contributed by atoms with van der Waals surface area (Å²) in [6.45, 7) is 6.42. The summed E-state index contributed by atoms with van der Waals surface area (Å²) in [7, 11) is 1.99. The van der Waals surface area contributed by atoms with Crippen LogP contribution in [0.25, 0.3) is 0 Å². The molecule has 0 aliphatic heterocycles. The number of nitrogens with zero attached hydrogens (tertiary/aromatic N) is 1. The van der Waals surface area contributed by atoms with Gasteiger partial charge in [-0.3, -0.25) is 0 Å². The fourth-order valence-corrected chi connectivity index (χ4v) is 2.57. The maximum atomic E-state index is 3.23. The third-order valence-electron chi connectivity index (χ3n) is 3.81. The van der Waals surface area contributed by atoms with Gasteiger partial charge in [-0.25, -0.2) is 0 Å². The van der Waals surface area contributed by atoms with Crippen LogP contribution < -0.4 is 10.2 Å². The number of para-hydroxylation sites is 1. The van der Waals surface area contributed by atoms with E-state index in [0.29, 0.717) is 0 Å². The summed E-state index contributed by atoms with van der Waals surface area (Å²) in [4.78, 5) is 2.42. The van der Waals surface area contributed by atoms with Crippen LogP contribution in [0.4, 0.5) is 11.4 Å². The number of aryl methyl sites for hydroxylation is 1. The number of rotatable bonds is 7. The van der Waals surface area contributed by atoms with E-state index in [-0.39, 0.29) is 0 Å². The van der Waals surface area contributed by atoms with E-state index in [4.69, 9.17) is 0 Å². The van der Waals surface area contributed by atoms with E-state index < -0.39 is 0 Å². The van der Waals surface area contributed by atoms with Gasteiger partial charge in [-0.1, -0.05) is 37.6 Å². The highest BCUT2D eigenvalue weighted by molar-refractivity contribution is 5.64. The molecule has 0 bridgehead atoms. The molecule has 0 unspecified atom stereocenters. The monoisotopic (exact) mass is 282 g/mol. The Balaban J connectivity index is 2.30. The molecule has 0 aliphatic carbocycles. The van der Waals surface area contributed by atoms with Crippen molar-refractivity contribution in [3.63, 3.8) is 0 Å². The van der Waals surface area contributed by atoms with E-state index in [1.807, 2.05) is 7.05 Å². The molecule has 0 heterocycles. The molecule has 0 spiro atoms. The fraction of sp³-hybridized carbons (Fsp3) is 0.368. The predicted molar refractivity (Wildman–Crippen MR) is 92.3 cm³/mol. The van der Waals surface area contributed by atoms with Crippen molar-refractivity contribution in [1.29, 1.82) is 0 Å². The zero-order valence-corrected chi connectivity index (χ0v) is 13.4. The van der Waals surface area contributed by atoms with Crippen molar-refractivity contribution >= 4 is 11.4 Å². The average Bonchev–Trinajstić information content (AvgIpc) is 2.51. The van der Waals surface area contributed by atoms with E-state index in [0.717, 1.165) is 13.1 Å². The first-order valence-electron chi connectivity index (χ1n) is 7.83. The van der Waals surface area contributed by atoms with E-state index in [9.17, 15) is 0 Å². The van der Waals surface area contributed by atoms with Gasteiger partial charge in [0, 0.05) is 24.5 Å². The molecule has 2 nitrogen and oxygen atoms in total. The molecule has 0 saturated heterocycles. The number of anilines is 2. The quantitative estimate of drug-likeness (QED) is 0.795. The lowest BCUT2D eigenvalue weighted by atomic mass is 10.1. The van der Waals surface area contributed by atoms with Crippen LogP contribution in [-0.4, -0.2) is 13.6 Å². The van der Waals surface area contributed by atoms with Crippen molar-refractivity contribution in [2.75, 3.05) is 18.5 Å². The van der Waals surface area contributed by atoms with Crippen LogP contribution in [0, 0.1) is 6.92 Å². The normalized spacial score (nSPS) is 10.6. The van der Waals surface area contributed by atoms with E-state index >= 15 is 0 Å². The topological polar surface area (TPSA) is 15.3 Å². The second-order valence-corrected chi connectivity index (χ2v) is 5.48. The second-order valence-electron chi connectivity index (χ2n) is 5.48. The molecule has 0 atom stereocenters. The number of nitrogens with one attached hydrogen (secondary N) is 1. The molecular formula is C19H26N2. The minimum Gasteiger partial charge on any atom is -0.341 e. The van der Waals surface area contributed by atoms with Gasteiger partial charge in [-0.05, 0) is 55.8 Å². The lowest BCUT2D eigenvalue weighted by Crippen LogP contribution is -2.18. The highest BCUT2D eigenvalue weighted by Gasteiger charge is 2.09. The van der Waals surface area contributed by atoms with Gasteiger partial charge in [0.1, 0.15) is 0 Å². The molecule has 0 aromatic heterocycles. The smallest absolute Gasteiger partial charge is 0.0413 e. The van der Waals surface area contributed by atoms with E-state index in [1.165, 1.54) is 35.3 Å². The molecule has 112 valence electrons. The summed E-state index contributed by atoms with van der Waals surface area (Å²) in [5, 5.41) is 3.23. The highest BCUT2D eigenvalue weighted by atomic mass is 15.1. The largest absolute Gasteiger partial charge is 0.341 e. The number of hydrogen-bond acceptors (Lipinski definition) is 2. The van der Waals surface area contributed by atoms with Crippen LogP contribution in [-0.2, 0) is 6.54 Å². The first-order valence-corrected chi connectivity index (χ1v) is 7.83. The minimum atomic E-state index is 0.923. The molecule has 21 heavy (non-hydrogen) atoms.